The van der Waals surface area contributed by atoms with Crippen molar-refractivity contribution in [3.8, 4) is 21.8 Å². The van der Waals surface area contributed by atoms with Gasteiger partial charge in [-0.1, -0.05) is 0 Å². The summed E-state index contributed by atoms with van der Waals surface area (Å²) in [5.41, 5.74) is 5.04. The minimum absolute atomic E-state index is 0.234. The summed E-state index contributed by atoms with van der Waals surface area (Å²) in [6.45, 7) is 0. The van der Waals surface area contributed by atoms with Crippen LogP contribution in [0.15, 0.2) is 54.4 Å². The number of nitrogens with zero attached hydrogens (tertiary/aromatic N) is 4. The molecule has 5 aromatic rings. The molecule has 0 bridgehead atoms. The predicted octanol–water partition coefficient (Wildman–Crippen LogP) is 4.99. The monoisotopic (exact) mass is 362 g/mol. The van der Waals surface area contributed by atoms with Crippen molar-refractivity contribution < 1.29 is 4.39 Å². The van der Waals surface area contributed by atoms with Crippen LogP contribution in [0.1, 0.15) is 0 Å². The van der Waals surface area contributed by atoms with Gasteiger partial charge in [-0.25, -0.2) is 9.37 Å². The second kappa shape index (κ2) is 5.51. The smallest absolute Gasteiger partial charge is 0.126 e. The number of aromatic nitrogens is 4. The molecule has 0 saturated heterocycles. The summed E-state index contributed by atoms with van der Waals surface area (Å²) in [4.78, 5) is 9.10. The number of halogens is 1. The lowest BCUT2D eigenvalue weighted by atomic mass is 10.1. The topological polar surface area (TPSA) is 35.6 Å². The van der Waals surface area contributed by atoms with Crippen LogP contribution in [0.3, 0.4) is 0 Å². The fourth-order valence-electron chi connectivity index (χ4n) is 3.49. The van der Waals surface area contributed by atoms with E-state index in [2.05, 4.69) is 21.1 Å². The lowest BCUT2D eigenvalue weighted by Gasteiger charge is -1.96. The fourth-order valence-corrected chi connectivity index (χ4v) is 4.34. The van der Waals surface area contributed by atoms with Gasteiger partial charge in [0.25, 0.3) is 0 Å². The van der Waals surface area contributed by atoms with E-state index in [1.54, 1.807) is 29.7 Å². The van der Waals surface area contributed by atoms with Gasteiger partial charge in [0, 0.05) is 71.7 Å². The molecule has 0 aliphatic heterocycles. The van der Waals surface area contributed by atoms with Crippen LogP contribution in [0, 0.1) is 5.82 Å². The molecule has 4 nitrogen and oxygen atoms in total. The fraction of sp³-hybridized carbons (Fsp3) is 0.100. The maximum atomic E-state index is 13.8. The predicted molar refractivity (Wildman–Crippen MR) is 104 cm³/mol. The van der Waals surface area contributed by atoms with Crippen LogP contribution in [-0.2, 0) is 14.1 Å². The lowest BCUT2D eigenvalue weighted by Crippen LogP contribution is -1.83. The largest absolute Gasteiger partial charge is 0.350 e. The van der Waals surface area contributed by atoms with Crippen LogP contribution in [0.2, 0.25) is 0 Å². The van der Waals surface area contributed by atoms with E-state index < -0.39 is 0 Å². The highest BCUT2D eigenvalue weighted by atomic mass is 32.1. The SMILES string of the molecule is Cn1cc(-c2csc(-c3cn(C)c4ccc(F)cc34)n2)c2cnccc21. The van der Waals surface area contributed by atoms with Gasteiger partial charge in [0.05, 0.1) is 11.2 Å². The molecule has 4 aromatic heterocycles. The standard InChI is InChI=1S/C20H15FN4S/c1-24-9-15(14-8-22-6-5-19(14)24)17-11-26-20(23-17)16-10-25(2)18-4-3-12(21)7-13(16)18/h3-11H,1-2H3. The highest BCUT2D eigenvalue weighted by molar-refractivity contribution is 7.13. The minimum atomic E-state index is -0.234. The second-order valence-corrected chi connectivity index (χ2v) is 7.26. The number of hydrogen-bond donors (Lipinski definition) is 0. The van der Waals surface area contributed by atoms with Crippen LogP contribution in [-0.4, -0.2) is 19.1 Å². The first-order chi connectivity index (χ1) is 12.6. The molecule has 0 radical (unpaired) electrons. The molecule has 6 heteroatoms. The Kier molecular flexibility index (Phi) is 3.24. The van der Waals surface area contributed by atoms with Gasteiger partial charge in [-0.3, -0.25) is 4.98 Å². The van der Waals surface area contributed by atoms with Crippen molar-refractivity contribution in [3.05, 3.63) is 60.3 Å². The molecule has 26 heavy (non-hydrogen) atoms. The summed E-state index contributed by atoms with van der Waals surface area (Å²) in [5.74, 6) is -0.234. The van der Waals surface area contributed by atoms with Crippen molar-refractivity contribution in [1.29, 1.82) is 0 Å². The molecular weight excluding hydrogens is 347 g/mol. The third-order valence-electron chi connectivity index (χ3n) is 4.75. The quantitative estimate of drug-likeness (QED) is 0.443. The van der Waals surface area contributed by atoms with Gasteiger partial charge in [0.1, 0.15) is 10.8 Å². The number of pyridine rings is 1. The van der Waals surface area contributed by atoms with Crippen LogP contribution in [0.4, 0.5) is 4.39 Å². The van der Waals surface area contributed by atoms with Gasteiger partial charge in [-0.2, -0.15) is 0 Å². The third-order valence-corrected chi connectivity index (χ3v) is 5.63. The van der Waals surface area contributed by atoms with Crippen LogP contribution >= 0.6 is 11.3 Å². The molecule has 0 aliphatic carbocycles. The first-order valence-electron chi connectivity index (χ1n) is 8.22. The maximum Gasteiger partial charge on any atom is 0.126 e. The van der Waals surface area contributed by atoms with E-state index in [9.17, 15) is 4.39 Å². The molecule has 0 unspecified atom stereocenters. The zero-order valence-corrected chi connectivity index (χ0v) is 15.1. The molecule has 0 N–H and O–H groups in total. The Balaban J connectivity index is 1.68. The summed E-state index contributed by atoms with van der Waals surface area (Å²) in [6.07, 6.45) is 7.76. The molecule has 4 heterocycles. The summed E-state index contributed by atoms with van der Waals surface area (Å²) >= 11 is 1.57. The Morgan fingerprint density at radius 2 is 1.73 bits per heavy atom. The van der Waals surface area contributed by atoms with Gasteiger partial charge >= 0.3 is 0 Å². The van der Waals surface area contributed by atoms with E-state index >= 15 is 0 Å². The number of thiazole rings is 1. The highest BCUT2D eigenvalue weighted by Gasteiger charge is 2.16. The molecular formula is C20H15FN4S. The van der Waals surface area contributed by atoms with Crippen molar-refractivity contribution in [2.45, 2.75) is 0 Å². The van der Waals surface area contributed by atoms with Gasteiger partial charge in [-0.05, 0) is 24.3 Å². The summed E-state index contributed by atoms with van der Waals surface area (Å²) in [6, 6.07) is 6.87. The zero-order valence-electron chi connectivity index (χ0n) is 14.3. The van der Waals surface area contributed by atoms with Crippen LogP contribution in [0.5, 0.6) is 0 Å². The summed E-state index contributed by atoms with van der Waals surface area (Å²) in [5, 5.41) is 4.90. The van der Waals surface area contributed by atoms with Gasteiger partial charge in [0.15, 0.2) is 0 Å². The Morgan fingerprint density at radius 1 is 0.962 bits per heavy atom. The van der Waals surface area contributed by atoms with Crippen molar-refractivity contribution in [2.24, 2.45) is 14.1 Å². The maximum absolute atomic E-state index is 13.8. The third kappa shape index (κ3) is 2.19. The lowest BCUT2D eigenvalue weighted by molar-refractivity contribution is 0.629. The molecule has 0 atom stereocenters. The Labute approximate surface area is 153 Å². The van der Waals surface area contributed by atoms with Crippen molar-refractivity contribution in [1.82, 2.24) is 19.1 Å². The van der Waals surface area contributed by atoms with Gasteiger partial charge in [-0.15, -0.1) is 11.3 Å². The normalized spacial score (nSPS) is 11.7. The van der Waals surface area contributed by atoms with Crippen molar-refractivity contribution in [3.63, 3.8) is 0 Å². The van der Waals surface area contributed by atoms with Gasteiger partial charge in [0.2, 0.25) is 0 Å². The molecule has 5 rings (SSSR count). The van der Waals surface area contributed by atoms with E-state index in [1.165, 1.54) is 6.07 Å². The average Bonchev–Trinajstić information content (AvgIpc) is 3.32. The van der Waals surface area contributed by atoms with Crippen molar-refractivity contribution >= 4 is 33.1 Å². The second-order valence-electron chi connectivity index (χ2n) is 6.40. The van der Waals surface area contributed by atoms with Crippen LogP contribution < -0.4 is 0 Å². The number of rotatable bonds is 2. The molecule has 0 fully saturated rings. The molecule has 0 aliphatic rings. The Hall–Kier alpha value is -2.99. The first-order valence-corrected chi connectivity index (χ1v) is 9.09. The summed E-state index contributed by atoms with van der Waals surface area (Å²) < 4.78 is 17.8. The average molecular weight is 362 g/mol. The molecule has 1 aromatic carbocycles. The molecule has 0 spiro atoms. The van der Waals surface area contributed by atoms with E-state index in [0.717, 1.165) is 43.6 Å². The highest BCUT2D eigenvalue weighted by Crippen LogP contribution is 2.36. The number of hydrogen-bond acceptors (Lipinski definition) is 3. The van der Waals surface area contributed by atoms with E-state index in [4.69, 9.17) is 4.98 Å². The molecule has 128 valence electrons. The minimum Gasteiger partial charge on any atom is -0.350 e. The number of fused-ring (bicyclic) bond motifs is 2. The Morgan fingerprint density at radius 3 is 2.58 bits per heavy atom. The van der Waals surface area contributed by atoms with E-state index in [-0.39, 0.29) is 5.82 Å². The molecule has 0 amide bonds. The summed E-state index contributed by atoms with van der Waals surface area (Å²) in [7, 11) is 3.99. The Bertz CT molecular complexity index is 1280. The molecule has 0 saturated carbocycles. The van der Waals surface area contributed by atoms with E-state index in [1.807, 2.05) is 37.1 Å². The number of aryl methyl sites for hydroxylation is 2. The number of benzene rings is 1. The van der Waals surface area contributed by atoms with E-state index in [0.29, 0.717) is 0 Å². The van der Waals surface area contributed by atoms with Crippen molar-refractivity contribution in [2.75, 3.05) is 0 Å². The van der Waals surface area contributed by atoms with Crippen LogP contribution in [0.25, 0.3) is 43.6 Å². The zero-order chi connectivity index (χ0) is 17.8. The first kappa shape index (κ1) is 15.3. The van der Waals surface area contributed by atoms with Gasteiger partial charge < -0.3 is 9.13 Å².